The maximum absolute atomic E-state index is 11.0. The molecule has 5 heteroatoms. The molecule has 1 atom stereocenters. The summed E-state index contributed by atoms with van der Waals surface area (Å²) in [7, 11) is 0. The molecule has 0 spiro atoms. The summed E-state index contributed by atoms with van der Waals surface area (Å²) in [5.74, 6) is -2.15. The molecule has 0 aromatic heterocycles. The van der Waals surface area contributed by atoms with E-state index < -0.39 is 18.1 Å². The molecule has 0 saturated heterocycles. The van der Waals surface area contributed by atoms with Gasteiger partial charge in [0.05, 0.1) is 0 Å². The Balaban J connectivity index is 4.57. The van der Waals surface area contributed by atoms with Crippen LogP contribution >= 0.6 is 0 Å². The van der Waals surface area contributed by atoms with E-state index in [4.69, 9.17) is 10.2 Å². The zero-order valence-electron chi connectivity index (χ0n) is 7.01. The quantitative estimate of drug-likeness (QED) is 0.347. The molecule has 1 amide bonds. The highest BCUT2D eigenvalue weighted by molar-refractivity contribution is 5.90. The van der Waals surface area contributed by atoms with Crippen LogP contribution in [0.15, 0.2) is 25.3 Å². The van der Waals surface area contributed by atoms with Gasteiger partial charge in [0.25, 0.3) is 0 Å². The van der Waals surface area contributed by atoms with E-state index in [1.54, 1.807) is 0 Å². The number of amides is 1. The standard InChI is InChI=1S/C8H11NO4/c1-3-5-9(6(10)4-2)7(11)8(12)13/h3-4,7,11H,1-2,5H2,(H,12,13). The first kappa shape index (κ1) is 11.4. The van der Waals surface area contributed by atoms with Crippen LogP contribution in [0.4, 0.5) is 0 Å². The summed E-state index contributed by atoms with van der Waals surface area (Å²) in [6, 6.07) is 0. The molecule has 0 bridgehead atoms. The molecule has 0 heterocycles. The van der Waals surface area contributed by atoms with Crippen LogP contribution in [0.5, 0.6) is 0 Å². The zero-order chi connectivity index (χ0) is 10.4. The number of carbonyl (C=O) groups excluding carboxylic acids is 1. The van der Waals surface area contributed by atoms with E-state index in [0.29, 0.717) is 0 Å². The highest BCUT2D eigenvalue weighted by Gasteiger charge is 2.24. The number of aliphatic hydroxyl groups excluding tert-OH is 1. The molecule has 0 aliphatic carbocycles. The molecule has 0 saturated carbocycles. The van der Waals surface area contributed by atoms with Gasteiger partial charge in [-0.1, -0.05) is 12.7 Å². The fourth-order valence-electron chi connectivity index (χ4n) is 0.700. The molecule has 0 fully saturated rings. The fraction of sp³-hybridized carbons (Fsp3) is 0.250. The summed E-state index contributed by atoms with van der Waals surface area (Å²) in [4.78, 5) is 22.0. The topological polar surface area (TPSA) is 77.8 Å². The van der Waals surface area contributed by atoms with Crippen LogP contribution < -0.4 is 0 Å². The van der Waals surface area contributed by atoms with Crippen LogP contribution in [0, 0.1) is 0 Å². The van der Waals surface area contributed by atoms with Crippen molar-refractivity contribution in [3.63, 3.8) is 0 Å². The molecule has 0 aliphatic rings. The van der Waals surface area contributed by atoms with E-state index in [2.05, 4.69) is 13.2 Å². The first-order chi connectivity index (χ1) is 6.04. The number of aliphatic carboxylic acids is 1. The van der Waals surface area contributed by atoms with Crippen molar-refractivity contribution in [2.45, 2.75) is 6.23 Å². The summed E-state index contributed by atoms with van der Waals surface area (Å²) < 4.78 is 0. The second-order valence-electron chi connectivity index (χ2n) is 2.20. The SMILES string of the molecule is C=CCN(C(=O)C=C)C(O)C(=O)O. The number of carbonyl (C=O) groups is 2. The van der Waals surface area contributed by atoms with Crippen LogP contribution in [-0.4, -0.2) is 39.8 Å². The van der Waals surface area contributed by atoms with Gasteiger partial charge in [-0.15, -0.1) is 6.58 Å². The van der Waals surface area contributed by atoms with Gasteiger partial charge in [-0.2, -0.15) is 0 Å². The lowest BCUT2D eigenvalue weighted by Crippen LogP contribution is -2.44. The van der Waals surface area contributed by atoms with Gasteiger partial charge >= 0.3 is 5.97 Å². The van der Waals surface area contributed by atoms with Crippen molar-refractivity contribution in [3.8, 4) is 0 Å². The number of nitrogens with zero attached hydrogens (tertiary/aromatic N) is 1. The normalized spacial score (nSPS) is 11.5. The summed E-state index contributed by atoms with van der Waals surface area (Å²) in [5, 5.41) is 17.4. The molecule has 0 radical (unpaired) electrons. The third-order valence-electron chi connectivity index (χ3n) is 1.30. The van der Waals surface area contributed by atoms with Crippen LogP contribution in [-0.2, 0) is 9.59 Å². The lowest BCUT2D eigenvalue weighted by Gasteiger charge is -2.21. The van der Waals surface area contributed by atoms with Gasteiger partial charge in [0, 0.05) is 6.54 Å². The first-order valence-corrected chi connectivity index (χ1v) is 3.49. The van der Waals surface area contributed by atoms with E-state index in [1.165, 1.54) is 6.08 Å². The summed E-state index contributed by atoms with van der Waals surface area (Å²) >= 11 is 0. The summed E-state index contributed by atoms with van der Waals surface area (Å²) in [6.07, 6.45) is 0.381. The van der Waals surface area contributed by atoms with E-state index >= 15 is 0 Å². The van der Waals surface area contributed by atoms with Crippen molar-refractivity contribution >= 4 is 11.9 Å². The minimum Gasteiger partial charge on any atom is -0.478 e. The fourth-order valence-corrected chi connectivity index (χ4v) is 0.700. The second-order valence-corrected chi connectivity index (χ2v) is 2.20. The predicted molar refractivity (Wildman–Crippen MR) is 45.7 cm³/mol. The maximum Gasteiger partial charge on any atom is 0.354 e. The average Bonchev–Trinajstić information content (AvgIpc) is 2.11. The minimum atomic E-state index is -1.86. The number of carboxylic acid groups (broad SMARTS) is 1. The third-order valence-corrected chi connectivity index (χ3v) is 1.30. The minimum absolute atomic E-state index is 0.0433. The average molecular weight is 185 g/mol. The van der Waals surface area contributed by atoms with Crippen molar-refractivity contribution in [1.29, 1.82) is 0 Å². The zero-order valence-corrected chi connectivity index (χ0v) is 7.01. The van der Waals surface area contributed by atoms with Crippen molar-refractivity contribution in [3.05, 3.63) is 25.3 Å². The molecule has 0 aromatic carbocycles. The number of hydrogen-bond donors (Lipinski definition) is 2. The largest absolute Gasteiger partial charge is 0.478 e. The number of hydrogen-bond acceptors (Lipinski definition) is 3. The number of carboxylic acids is 1. The highest BCUT2D eigenvalue weighted by atomic mass is 16.4. The van der Waals surface area contributed by atoms with Crippen LogP contribution in [0.2, 0.25) is 0 Å². The smallest absolute Gasteiger partial charge is 0.354 e. The van der Waals surface area contributed by atoms with Crippen LogP contribution in [0.3, 0.4) is 0 Å². The Bertz CT molecular complexity index is 236. The molecule has 1 unspecified atom stereocenters. The van der Waals surface area contributed by atoms with Gasteiger partial charge in [-0.3, -0.25) is 4.79 Å². The molecular weight excluding hydrogens is 174 g/mol. The lowest BCUT2D eigenvalue weighted by atomic mass is 10.4. The first-order valence-electron chi connectivity index (χ1n) is 3.49. The molecule has 2 N–H and O–H groups in total. The molecule has 0 rings (SSSR count). The van der Waals surface area contributed by atoms with E-state index in [-0.39, 0.29) is 6.54 Å². The summed E-state index contributed by atoms with van der Waals surface area (Å²) in [6.45, 7) is 6.46. The van der Waals surface area contributed by atoms with Gasteiger partial charge < -0.3 is 15.1 Å². The van der Waals surface area contributed by atoms with Gasteiger partial charge in [0.1, 0.15) is 0 Å². The third kappa shape index (κ3) is 3.08. The van der Waals surface area contributed by atoms with Crippen molar-refractivity contribution in [2.24, 2.45) is 0 Å². The van der Waals surface area contributed by atoms with Crippen LogP contribution in [0.25, 0.3) is 0 Å². The molecule has 5 nitrogen and oxygen atoms in total. The lowest BCUT2D eigenvalue weighted by molar-refractivity contribution is -0.162. The number of aliphatic hydroxyl groups is 1. The van der Waals surface area contributed by atoms with Gasteiger partial charge in [0.15, 0.2) is 0 Å². The number of rotatable bonds is 5. The van der Waals surface area contributed by atoms with Crippen molar-refractivity contribution in [1.82, 2.24) is 4.90 Å². The molecule has 0 aromatic rings. The Morgan fingerprint density at radius 3 is 2.31 bits per heavy atom. The van der Waals surface area contributed by atoms with Crippen molar-refractivity contribution < 1.29 is 19.8 Å². The molecule has 72 valence electrons. The Hall–Kier alpha value is -1.62. The van der Waals surface area contributed by atoms with E-state index in [0.717, 1.165) is 11.0 Å². The predicted octanol–water partition coefficient (Wildman–Crippen LogP) is -0.410. The van der Waals surface area contributed by atoms with E-state index in [9.17, 15) is 9.59 Å². The second kappa shape index (κ2) is 5.10. The van der Waals surface area contributed by atoms with Gasteiger partial charge in [0.2, 0.25) is 12.1 Å². The Morgan fingerprint density at radius 2 is 2.00 bits per heavy atom. The summed E-state index contributed by atoms with van der Waals surface area (Å²) in [5.41, 5.74) is 0. The van der Waals surface area contributed by atoms with Crippen LogP contribution in [0.1, 0.15) is 0 Å². The Kier molecular flexibility index (Phi) is 4.47. The maximum atomic E-state index is 11.0. The highest BCUT2D eigenvalue weighted by Crippen LogP contribution is 1.98. The molecule has 0 aliphatic heterocycles. The molecular formula is C8H11NO4. The Morgan fingerprint density at radius 1 is 1.46 bits per heavy atom. The molecule has 13 heavy (non-hydrogen) atoms. The van der Waals surface area contributed by atoms with Gasteiger partial charge in [-0.25, -0.2) is 4.79 Å². The van der Waals surface area contributed by atoms with Gasteiger partial charge in [-0.05, 0) is 6.08 Å². The monoisotopic (exact) mass is 185 g/mol. The van der Waals surface area contributed by atoms with E-state index in [1.807, 2.05) is 0 Å². The Labute approximate surface area is 75.6 Å². The van der Waals surface area contributed by atoms with Crippen molar-refractivity contribution in [2.75, 3.05) is 6.54 Å².